The van der Waals surface area contributed by atoms with Gasteiger partial charge in [-0.3, -0.25) is 4.79 Å². The summed E-state index contributed by atoms with van der Waals surface area (Å²) in [5.74, 6) is 0.981. The van der Waals surface area contributed by atoms with E-state index in [4.69, 9.17) is 11.6 Å². The van der Waals surface area contributed by atoms with Crippen molar-refractivity contribution in [2.24, 2.45) is 0 Å². The van der Waals surface area contributed by atoms with Crippen molar-refractivity contribution in [1.82, 2.24) is 14.9 Å². The minimum absolute atomic E-state index is 0.119. The number of rotatable bonds is 2. The van der Waals surface area contributed by atoms with E-state index in [9.17, 15) is 4.79 Å². The first kappa shape index (κ1) is 13.9. The van der Waals surface area contributed by atoms with Crippen LogP contribution in [0.25, 0.3) is 11.0 Å². The minimum atomic E-state index is -0.168. The second kappa shape index (κ2) is 5.37. The van der Waals surface area contributed by atoms with E-state index < -0.39 is 0 Å². The van der Waals surface area contributed by atoms with Crippen LogP contribution in [0.3, 0.4) is 0 Å². The number of hydrogen-bond acceptors (Lipinski definition) is 2. The van der Waals surface area contributed by atoms with Crippen molar-refractivity contribution in [3.63, 3.8) is 0 Å². The quantitative estimate of drug-likeness (QED) is 0.837. The molecular weight excluding hydrogens is 342 g/mol. The number of hydrogen-bond donors (Lipinski definition) is 1. The number of carbonyl (C=O) groups is 1. The highest BCUT2D eigenvalue weighted by Gasteiger charge is 2.25. The Bertz CT molecular complexity index is 658. The average Bonchev–Trinajstić information content (AvgIpc) is 2.78. The van der Waals surface area contributed by atoms with E-state index in [1.165, 1.54) is 0 Å². The predicted molar refractivity (Wildman–Crippen MR) is 83.0 cm³/mol. The Labute approximate surface area is 130 Å². The first-order valence-electron chi connectivity index (χ1n) is 6.64. The van der Waals surface area contributed by atoms with Gasteiger partial charge in [-0.05, 0) is 31.5 Å². The van der Waals surface area contributed by atoms with E-state index in [2.05, 4.69) is 30.8 Å². The summed E-state index contributed by atoms with van der Waals surface area (Å²) in [6, 6.07) is 6.27. The molecule has 106 valence electrons. The average molecular weight is 357 g/mol. The summed E-state index contributed by atoms with van der Waals surface area (Å²) in [5.41, 5.74) is 2.00. The zero-order chi connectivity index (χ0) is 14.3. The van der Waals surface area contributed by atoms with Crippen LogP contribution in [0.15, 0.2) is 22.7 Å². The van der Waals surface area contributed by atoms with Crippen molar-refractivity contribution in [2.45, 2.75) is 31.2 Å². The summed E-state index contributed by atoms with van der Waals surface area (Å²) in [6.07, 6.45) is 1.38. The van der Waals surface area contributed by atoms with Gasteiger partial charge >= 0.3 is 0 Å². The van der Waals surface area contributed by atoms with Crippen LogP contribution >= 0.6 is 27.5 Å². The second-order valence-electron chi connectivity index (χ2n) is 5.09. The molecule has 1 amide bonds. The third kappa shape index (κ3) is 2.44. The fourth-order valence-electron chi connectivity index (χ4n) is 2.70. The molecule has 1 aromatic heterocycles. The molecule has 2 heterocycles. The molecule has 1 N–H and O–H groups in total. The number of nitrogens with one attached hydrogen (secondary N) is 1. The Morgan fingerprint density at radius 2 is 2.35 bits per heavy atom. The summed E-state index contributed by atoms with van der Waals surface area (Å²) in [6.45, 7) is 2.56. The standard InChI is InChI=1S/C14H15BrClN3O/c1-8(16)14-18-11-6-9(15)2-4-12(11)19(14)10-3-5-13(20)17-7-10/h2,4,6,8,10H,3,5,7H2,1H3,(H,17,20). The lowest BCUT2D eigenvalue weighted by Gasteiger charge is -2.26. The van der Waals surface area contributed by atoms with E-state index in [-0.39, 0.29) is 17.3 Å². The fourth-order valence-corrected chi connectivity index (χ4v) is 3.20. The number of aromatic nitrogens is 2. The molecule has 6 heteroatoms. The zero-order valence-corrected chi connectivity index (χ0v) is 13.4. The molecule has 1 aliphatic rings. The molecule has 4 nitrogen and oxygen atoms in total. The zero-order valence-electron chi connectivity index (χ0n) is 11.1. The Kier molecular flexibility index (Phi) is 3.73. The molecule has 2 atom stereocenters. The molecule has 0 saturated carbocycles. The van der Waals surface area contributed by atoms with Gasteiger partial charge in [0.1, 0.15) is 5.82 Å². The van der Waals surface area contributed by atoms with Crippen molar-refractivity contribution < 1.29 is 4.79 Å². The SMILES string of the molecule is CC(Cl)c1nc2cc(Br)ccc2n1C1CCC(=O)NC1. The predicted octanol–water partition coefficient (Wildman–Crippen LogP) is 3.55. The summed E-state index contributed by atoms with van der Waals surface area (Å²) in [7, 11) is 0. The number of piperidine rings is 1. The lowest BCUT2D eigenvalue weighted by Crippen LogP contribution is -2.36. The van der Waals surface area contributed by atoms with Crippen LogP contribution in [0.1, 0.15) is 37.0 Å². The molecule has 0 aliphatic carbocycles. The molecule has 0 bridgehead atoms. The minimum Gasteiger partial charge on any atom is -0.354 e. The Balaban J connectivity index is 2.11. The number of nitrogens with zero attached hydrogens (tertiary/aromatic N) is 2. The van der Waals surface area contributed by atoms with Crippen molar-refractivity contribution in [2.75, 3.05) is 6.54 Å². The summed E-state index contributed by atoms with van der Waals surface area (Å²) >= 11 is 9.75. The van der Waals surface area contributed by atoms with Gasteiger partial charge in [0, 0.05) is 17.4 Å². The van der Waals surface area contributed by atoms with Crippen molar-refractivity contribution in [3.8, 4) is 0 Å². The van der Waals surface area contributed by atoms with Gasteiger partial charge in [-0.1, -0.05) is 15.9 Å². The molecule has 20 heavy (non-hydrogen) atoms. The number of halogens is 2. The molecule has 3 rings (SSSR count). The van der Waals surface area contributed by atoms with Crippen LogP contribution in [0.2, 0.25) is 0 Å². The third-order valence-electron chi connectivity index (χ3n) is 3.64. The molecule has 1 aromatic carbocycles. The summed E-state index contributed by atoms with van der Waals surface area (Å²) in [5, 5.41) is 2.75. The molecule has 2 unspecified atom stereocenters. The molecule has 0 radical (unpaired) electrons. The molecular formula is C14H15BrClN3O. The smallest absolute Gasteiger partial charge is 0.220 e. The van der Waals surface area contributed by atoms with Gasteiger partial charge in [0.05, 0.1) is 22.5 Å². The van der Waals surface area contributed by atoms with Crippen LogP contribution < -0.4 is 5.32 Å². The van der Waals surface area contributed by atoms with Gasteiger partial charge in [-0.2, -0.15) is 0 Å². The van der Waals surface area contributed by atoms with Crippen molar-refractivity contribution >= 4 is 44.5 Å². The summed E-state index contributed by atoms with van der Waals surface area (Å²) < 4.78 is 3.18. The lowest BCUT2D eigenvalue weighted by atomic mass is 10.1. The van der Waals surface area contributed by atoms with E-state index in [0.717, 1.165) is 27.8 Å². The van der Waals surface area contributed by atoms with Gasteiger partial charge in [0.15, 0.2) is 0 Å². The Morgan fingerprint density at radius 1 is 1.55 bits per heavy atom. The fraction of sp³-hybridized carbons (Fsp3) is 0.429. The monoisotopic (exact) mass is 355 g/mol. The molecule has 1 saturated heterocycles. The first-order valence-corrected chi connectivity index (χ1v) is 7.87. The van der Waals surface area contributed by atoms with Crippen LogP contribution in [0.5, 0.6) is 0 Å². The number of benzene rings is 1. The molecule has 1 aliphatic heterocycles. The van der Waals surface area contributed by atoms with Gasteiger partial charge in [-0.15, -0.1) is 11.6 Å². The second-order valence-corrected chi connectivity index (χ2v) is 6.66. The van der Waals surface area contributed by atoms with E-state index >= 15 is 0 Å². The maximum absolute atomic E-state index is 11.3. The largest absolute Gasteiger partial charge is 0.354 e. The highest BCUT2D eigenvalue weighted by molar-refractivity contribution is 9.10. The number of fused-ring (bicyclic) bond motifs is 1. The maximum atomic E-state index is 11.3. The van der Waals surface area contributed by atoms with Crippen LogP contribution in [0, 0.1) is 0 Å². The van der Waals surface area contributed by atoms with Crippen LogP contribution in [-0.2, 0) is 4.79 Å². The first-order chi connectivity index (χ1) is 9.56. The van der Waals surface area contributed by atoms with Gasteiger partial charge in [-0.25, -0.2) is 4.98 Å². The molecule has 0 spiro atoms. The third-order valence-corrected chi connectivity index (χ3v) is 4.33. The Morgan fingerprint density at radius 3 is 3.00 bits per heavy atom. The van der Waals surface area contributed by atoms with Gasteiger partial charge in [0.25, 0.3) is 0 Å². The van der Waals surface area contributed by atoms with E-state index in [1.807, 2.05) is 25.1 Å². The van der Waals surface area contributed by atoms with Crippen LogP contribution in [0.4, 0.5) is 0 Å². The topological polar surface area (TPSA) is 46.9 Å². The Hall–Kier alpha value is -1.07. The number of carbonyl (C=O) groups excluding carboxylic acids is 1. The number of imidazole rings is 1. The molecule has 2 aromatic rings. The highest BCUT2D eigenvalue weighted by atomic mass is 79.9. The molecule has 1 fully saturated rings. The maximum Gasteiger partial charge on any atom is 0.220 e. The lowest BCUT2D eigenvalue weighted by molar-refractivity contribution is -0.122. The highest BCUT2D eigenvalue weighted by Crippen LogP contribution is 2.31. The summed E-state index contributed by atoms with van der Waals surface area (Å²) in [4.78, 5) is 16.0. The van der Waals surface area contributed by atoms with E-state index in [1.54, 1.807) is 0 Å². The van der Waals surface area contributed by atoms with Gasteiger partial charge in [0.2, 0.25) is 5.91 Å². The number of amides is 1. The van der Waals surface area contributed by atoms with Crippen LogP contribution in [-0.4, -0.2) is 22.0 Å². The van der Waals surface area contributed by atoms with Crippen molar-refractivity contribution in [1.29, 1.82) is 0 Å². The number of alkyl halides is 1. The van der Waals surface area contributed by atoms with E-state index in [0.29, 0.717) is 13.0 Å². The van der Waals surface area contributed by atoms with Gasteiger partial charge < -0.3 is 9.88 Å². The van der Waals surface area contributed by atoms with Crippen molar-refractivity contribution in [3.05, 3.63) is 28.5 Å². The normalized spacial score (nSPS) is 20.9.